The zero-order chi connectivity index (χ0) is 9.56. The van der Waals surface area contributed by atoms with Crippen LogP contribution in [0.25, 0.3) is 0 Å². The van der Waals surface area contributed by atoms with Gasteiger partial charge in [-0.1, -0.05) is 19.4 Å². The fourth-order valence-electron chi connectivity index (χ4n) is 1.17. The largest absolute Gasteiger partial charge is 0.393 e. The molecule has 2 atom stereocenters. The molecule has 1 N–H and O–H groups in total. The Labute approximate surface area is 74.3 Å². The van der Waals surface area contributed by atoms with E-state index in [0.717, 1.165) is 19.1 Å². The van der Waals surface area contributed by atoms with Crippen molar-refractivity contribution in [3.63, 3.8) is 0 Å². The molecule has 0 heterocycles. The quantitative estimate of drug-likeness (QED) is 0.505. The lowest BCUT2D eigenvalue weighted by molar-refractivity contribution is -0.104. The highest BCUT2D eigenvalue weighted by Crippen LogP contribution is 2.14. The molecule has 12 heavy (non-hydrogen) atoms. The molecule has 2 nitrogen and oxygen atoms in total. The lowest BCUT2D eigenvalue weighted by Crippen LogP contribution is -2.14. The van der Waals surface area contributed by atoms with Gasteiger partial charge >= 0.3 is 0 Å². The van der Waals surface area contributed by atoms with Gasteiger partial charge < -0.3 is 5.11 Å². The van der Waals surface area contributed by atoms with E-state index in [1.807, 2.05) is 6.08 Å². The molecule has 0 aromatic heterocycles. The van der Waals surface area contributed by atoms with Crippen molar-refractivity contribution in [1.29, 1.82) is 0 Å². The molecule has 2 unspecified atom stereocenters. The Balaban J connectivity index is 4.20. The Morgan fingerprint density at radius 3 is 2.50 bits per heavy atom. The molecular weight excluding hydrogens is 152 g/mol. The summed E-state index contributed by atoms with van der Waals surface area (Å²) in [6, 6.07) is 0. The summed E-state index contributed by atoms with van der Waals surface area (Å²) in [5, 5.41) is 9.33. The number of aliphatic hydroxyl groups excluding tert-OH is 1. The number of aldehydes is 1. The summed E-state index contributed by atoms with van der Waals surface area (Å²) in [4.78, 5) is 10.3. The van der Waals surface area contributed by atoms with Gasteiger partial charge in [0.1, 0.15) is 6.29 Å². The predicted octanol–water partition coefficient (Wildman–Crippen LogP) is 1.93. The van der Waals surface area contributed by atoms with E-state index in [0.29, 0.717) is 5.57 Å². The van der Waals surface area contributed by atoms with E-state index in [-0.39, 0.29) is 12.0 Å². The Bertz CT molecular complexity index is 159. The molecule has 0 aliphatic rings. The summed E-state index contributed by atoms with van der Waals surface area (Å²) >= 11 is 0. The molecule has 0 saturated carbocycles. The minimum Gasteiger partial charge on any atom is -0.393 e. The third-order valence-corrected chi connectivity index (χ3v) is 1.90. The van der Waals surface area contributed by atoms with E-state index >= 15 is 0 Å². The Kier molecular flexibility index (Phi) is 5.64. The Morgan fingerprint density at radius 1 is 1.58 bits per heavy atom. The van der Waals surface area contributed by atoms with Gasteiger partial charge in [-0.2, -0.15) is 0 Å². The van der Waals surface area contributed by atoms with Crippen LogP contribution < -0.4 is 0 Å². The van der Waals surface area contributed by atoms with Crippen molar-refractivity contribution in [2.75, 3.05) is 0 Å². The van der Waals surface area contributed by atoms with Crippen LogP contribution in [0.3, 0.4) is 0 Å². The number of hydrogen-bond acceptors (Lipinski definition) is 2. The second-order valence-electron chi connectivity index (χ2n) is 3.22. The lowest BCUT2D eigenvalue weighted by Gasteiger charge is -2.14. The van der Waals surface area contributed by atoms with Crippen LogP contribution in [0.15, 0.2) is 11.6 Å². The van der Waals surface area contributed by atoms with Gasteiger partial charge in [0.25, 0.3) is 0 Å². The van der Waals surface area contributed by atoms with Gasteiger partial charge in [-0.3, -0.25) is 4.79 Å². The molecule has 0 fully saturated rings. The van der Waals surface area contributed by atoms with Gasteiger partial charge in [-0.25, -0.2) is 0 Å². The molecule has 0 aromatic rings. The minimum absolute atomic E-state index is 0.125. The zero-order valence-electron chi connectivity index (χ0n) is 8.08. The van der Waals surface area contributed by atoms with Crippen molar-refractivity contribution in [3.05, 3.63) is 11.6 Å². The molecule has 0 bridgehead atoms. The van der Waals surface area contributed by atoms with Crippen LogP contribution in [0.4, 0.5) is 0 Å². The second kappa shape index (κ2) is 5.95. The number of aliphatic hydroxyl groups is 1. The normalized spacial score (nSPS) is 17.2. The van der Waals surface area contributed by atoms with Crippen LogP contribution >= 0.6 is 0 Å². The van der Waals surface area contributed by atoms with Gasteiger partial charge in [-0.15, -0.1) is 0 Å². The first kappa shape index (κ1) is 11.4. The first-order valence-corrected chi connectivity index (χ1v) is 4.43. The number of hydrogen-bond donors (Lipinski definition) is 1. The summed E-state index contributed by atoms with van der Waals surface area (Å²) in [6.07, 6.45) is 4.27. The summed E-state index contributed by atoms with van der Waals surface area (Å²) in [5.74, 6) is 0.125. The SMILES string of the molecule is CCCC(/C=C(\C)C=O)C(C)O. The summed E-state index contributed by atoms with van der Waals surface area (Å²) in [6.45, 7) is 5.59. The van der Waals surface area contributed by atoms with E-state index in [4.69, 9.17) is 0 Å². The van der Waals surface area contributed by atoms with Gasteiger partial charge in [0, 0.05) is 5.92 Å². The van der Waals surface area contributed by atoms with Gasteiger partial charge in [0.2, 0.25) is 0 Å². The van der Waals surface area contributed by atoms with Crippen LogP contribution in [0.2, 0.25) is 0 Å². The molecule has 0 amide bonds. The van der Waals surface area contributed by atoms with E-state index in [1.165, 1.54) is 0 Å². The minimum atomic E-state index is -0.361. The molecule has 0 spiro atoms. The van der Waals surface area contributed by atoms with Gasteiger partial charge in [0.05, 0.1) is 6.10 Å². The van der Waals surface area contributed by atoms with E-state index in [2.05, 4.69) is 6.92 Å². The van der Waals surface area contributed by atoms with E-state index in [9.17, 15) is 9.90 Å². The molecule has 2 heteroatoms. The van der Waals surface area contributed by atoms with Gasteiger partial charge in [-0.05, 0) is 25.8 Å². The molecule has 0 rings (SSSR count). The number of carbonyl (C=O) groups excluding carboxylic acids is 1. The third-order valence-electron chi connectivity index (χ3n) is 1.90. The Hall–Kier alpha value is -0.630. The van der Waals surface area contributed by atoms with Crippen molar-refractivity contribution in [2.45, 2.75) is 39.7 Å². The van der Waals surface area contributed by atoms with Crippen molar-refractivity contribution in [1.82, 2.24) is 0 Å². The first-order valence-electron chi connectivity index (χ1n) is 4.43. The number of allylic oxidation sites excluding steroid dienone is 1. The average molecular weight is 170 g/mol. The molecule has 0 aromatic carbocycles. The average Bonchev–Trinajstić information content (AvgIpc) is 2.03. The fraction of sp³-hybridized carbons (Fsp3) is 0.700. The van der Waals surface area contributed by atoms with Crippen LogP contribution in [0.5, 0.6) is 0 Å². The number of carbonyl (C=O) groups is 1. The summed E-state index contributed by atoms with van der Waals surface area (Å²) < 4.78 is 0. The van der Waals surface area contributed by atoms with Crippen LogP contribution in [0.1, 0.15) is 33.6 Å². The summed E-state index contributed by atoms with van der Waals surface area (Å²) in [5.41, 5.74) is 0.703. The molecule has 70 valence electrons. The second-order valence-corrected chi connectivity index (χ2v) is 3.22. The topological polar surface area (TPSA) is 37.3 Å². The zero-order valence-corrected chi connectivity index (χ0v) is 8.08. The molecule has 0 radical (unpaired) electrons. The first-order chi connectivity index (χ1) is 5.61. The highest BCUT2D eigenvalue weighted by molar-refractivity contribution is 5.72. The highest BCUT2D eigenvalue weighted by atomic mass is 16.3. The van der Waals surface area contributed by atoms with Crippen molar-refractivity contribution in [3.8, 4) is 0 Å². The van der Waals surface area contributed by atoms with E-state index in [1.54, 1.807) is 13.8 Å². The summed E-state index contributed by atoms with van der Waals surface area (Å²) in [7, 11) is 0. The Morgan fingerprint density at radius 2 is 2.17 bits per heavy atom. The van der Waals surface area contributed by atoms with Crippen LogP contribution in [0, 0.1) is 5.92 Å². The maximum atomic E-state index is 10.3. The lowest BCUT2D eigenvalue weighted by atomic mass is 9.96. The molecule has 0 aliphatic heterocycles. The van der Waals surface area contributed by atoms with E-state index < -0.39 is 0 Å². The van der Waals surface area contributed by atoms with Crippen molar-refractivity contribution >= 4 is 6.29 Å². The molecule has 0 saturated heterocycles. The van der Waals surface area contributed by atoms with Crippen molar-refractivity contribution < 1.29 is 9.90 Å². The maximum Gasteiger partial charge on any atom is 0.145 e. The fourth-order valence-corrected chi connectivity index (χ4v) is 1.17. The standard InChI is InChI=1S/C10H18O2/c1-4-5-10(9(3)12)6-8(2)7-11/h6-7,9-10,12H,4-5H2,1-3H3/b8-6+. The van der Waals surface area contributed by atoms with Crippen LogP contribution in [-0.4, -0.2) is 17.5 Å². The van der Waals surface area contributed by atoms with Crippen LogP contribution in [-0.2, 0) is 4.79 Å². The van der Waals surface area contributed by atoms with Gasteiger partial charge in [0.15, 0.2) is 0 Å². The maximum absolute atomic E-state index is 10.3. The highest BCUT2D eigenvalue weighted by Gasteiger charge is 2.10. The third kappa shape index (κ3) is 4.29. The van der Waals surface area contributed by atoms with Crippen molar-refractivity contribution in [2.24, 2.45) is 5.92 Å². The predicted molar refractivity (Wildman–Crippen MR) is 49.9 cm³/mol. The smallest absolute Gasteiger partial charge is 0.145 e. The monoisotopic (exact) mass is 170 g/mol. The molecule has 0 aliphatic carbocycles. The molecular formula is C10H18O2. The number of rotatable bonds is 5.